The lowest BCUT2D eigenvalue weighted by atomic mass is 10.0. The Kier molecular flexibility index (Phi) is 13.0. The van der Waals surface area contributed by atoms with Crippen LogP contribution in [-0.4, -0.2) is 62.7 Å². The molecule has 0 bridgehead atoms. The van der Waals surface area contributed by atoms with Crippen LogP contribution in [0.3, 0.4) is 0 Å². The maximum absolute atomic E-state index is 13.9. The smallest absolute Gasteiger partial charge is 0.397 e. The summed E-state index contributed by atoms with van der Waals surface area (Å²) in [5.41, 5.74) is 2.07. The van der Waals surface area contributed by atoms with Crippen LogP contribution in [0.25, 0.3) is 11.1 Å². The zero-order valence-electron chi connectivity index (χ0n) is 24.4. The summed E-state index contributed by atoms with van der Waals surface area (Å²) in [6, 6.07) is 12.0. The highest BCUT2D eigenvalue weighted by molar-refractivity contribution is 7.31. The fourth-order valence-electron chi connectivity index (χ4n) is 3.84. The van der Waals surface area contributed by atoms with E-state index in [9.17, 15) is 18.0 Å². The number of carbonyl (C=O) groups excluding carboxylic acids is 1. The average molecular weight is 634 g/mol. The minimum atomic E-state index is -4.75. The highest BCUT2D eigenvalue weighted by atomic mass is 31.1. The molecule has 44 heavy (non-hydrogen) atoms. The molecule has 4 aromatic rings. The van der Waals surface area contributed by atoms with Gasteiger partial charge in [-0.2, -0.15) is 23.3 Å². The summed E-state index contributed by atoms with van der Waals surface area (Å²) in [6.07, 6.45) is -0.0303. The number of hydrogen-bond acceptors (Lipinski definition) is 9. The third kappa shape index (κ3) is 9.71. The molecule has 5 N–H and O–H groups in total. The second-order valence-electron chi connectivity index (χ2n) is 9.03. The number of aliphatic hydroxyl groups is 2. The first kappa shape index (κ1) is 34.4. The Morgan fingerprint density at radius 1 is 1.05 bits per heavy atom. The van der Waals surface area contributed by atoms with Gasteiger partial charge < -0.3 is 30.7 Å². The molecule has 0 radical (unpaired) electrons. The van der Waals surface area contributed by atoms with Crippen LogP contribution in [-0.2, 0) is 23.4 Å². The fraction of sp³-hybridized carbons (Fsp3) is 0.310. The molecule has 0 fully saturated rings. The van der Waals surface area contributed by atoms with Gasteiger partial charge in [0, 0.05) is 58.9 Å². The summed E-state index contributed by atoms with van der Waals surface area (Å²) in [7, 11) is 1.77. The van der Waals surface area contributed by atoms with Crippen molar-refractivity contribution in [2.75, 3.05) is 37.5 Å². The number of benzene rings is 2. The maximum atomic E-state index is 13.9. The van der Waals surface area contributed by atoms with Gasteiger partial charge in [-0.25, -0.2) is 4.98 Å². The van der Waals surface area contributed by atoms with Gasteiger partial charge >= 0.3 is 6.18 Å². The van der Waals surface area contributed by atoms with Crippen LogP contribution in [0.4, 0.5) is 36.3 Å². The lowest BCUT2D eigenvalue weighted by molar-refractivity contribution is -0.137. The number of aromatic nitrogens is 4. The number of nitrogens with one attached hydrogen (secondary N) is 3. The maximum Gasteiger partial charge on any atom is 0.421 e. The van der Waals surface area contributed by atoms with Gasteiger partial charge in [0.1, 0.15) is 11.4 Å². The topological polar surface area (TPSA) is 146 Å². The predicted octanol–water partition coefficient (Wildman–Crippen LogP) is 5.33. The number of rotatable bonds is 12. The van der Waals surface area contributed by atoms with E-state index >= 15 is 0 Å². The van der Waals surface area contributed by atoms with E-state index in [1.165, 1.54) is 13.1 Å². The molecular weight excluding hydrogens is 598 g/mol. The molecule has 1 atom stereocenters. The number of aliphatic hydroxyl groups excluding tert-OH is 2. The fourth-order valence-corrected chi connectivity index (χ4v) is 4.55. The van der Waals surface area contributed by atoms with Gasteiger partial charge in [0.15, 0.2) is 0 Å². The summed E-state index contributed by atoms with van der Waals surface area (Å²) >= 11 is 0. The van der Waals surface area contributed by atoms with E-state index in [0.717, 1.165) is 11.7 Å². The molecule has 0 saturated carbocycles. The van der Waals surface area contributed by atoms with Gasteiger partial charge in [-0.1, -0.05) is 18.2 Å². The molecule has 15 heteroatoms. The summed E-state index contributed by atoms with van der Waals surface area (Å²) in [6.45, 7) is 4.71. The summed E-state index contributed by atoms with van der Waals surface area (Å²) in [5, 5.41) is 29.0. The molecule has 1 amide bonds. The Morgan fingerprint density at radius 3 is 2.41 bits per heavy atom. The average Bonchev–Trinajstić information content (AvgIpc) is 3.47. The SMILES string of the molecule is CCO.CCOPCc1ccc(Nc2ncc(C(F)(F)F)c(Nc3ccc(-c4cnn(CCO)c4)cc3C(=O)NC)n2)cc1. The van der Waals surface area contributed by atoms with E-state index in [4.69, 9.17) is 14.7 Å². The van der Waals surface area contributed by atoms with Gasteiger partial charge in [0.05, 0.1) is 30.6 Å². The van der Waals surface area contributed by atoms with Gasteiger partial charge in [-0.05, 0) is 49.2 Å². The molecule has 0 saturated heterocycles. The Balaban J connectivity index is 0.00000169. The molecule has 2 aromatic carbocycles. The van der Waals surface area contributed by atoms with Crippen molar-refractivity contribution in [1.82, 2.24) is 25.1 Å². The Hall–Kier alpha value is -4.10. The summed E-state index contributed by atoms with van der Waals surface area (Å²) in [5.74, 6) is -1.08. The highest BCUT2D eigenvalue weighted by Crippen LogP contribution is 2.36. The molecular formula is C29H35F3N7O4P. The molecule has 0 aliphatic rings. The van der Waals surface area contributed by atoms with Crippen molar-refractivity contribution in [1.29, 1.82) is 0 Å². The molecule has 0 spiro atoms. The van der Waals surface area contributed by atoms with Crippen molar-refractivity contribution >= 4 is 37.9 Å². The third-order valence-electron chi connectivity index (χ3n) is 5.87. The molecule has 1 unspecified atom stereocenters. The van der Waals surface area contributed by atoms with Crippen LogP contribution in [0.5, 0.6) is 0 Å². The van der Waals surface area contributed by atoms with Crippen molar-refractivity contribution < 1.29 is 32.7 Å². The summed E-state index contributed by atoms with van der Waals surface area (Å²) < 4.78 is 48.6. The first-order valence-corrected chi connectivity index (χ1v) is 14.8. The Morgan fingerprint density at radius 2 is 1.77 bits per heavy atom. The second kappa shape index (κ2) is 16.7. The highest BCUT2D eigenvalue weighted by Gasteiger charge is 2.35. The lowest BCUT2D eigenvalue weighted by Gasteiger charge is -2.17. The second-order valence-corrected chi connectivity index (χ2v) is 9.96. The van der Waals surface area contributed by atoms with Gasteiger partial charge in [-0.15, -0.1) is 0 Å². The monoisotopic (exact) mass is 633 g/mol. The van der Waals surface area contributed by atoms with Crippen molar-refractivity contribution in [2.45, 2.75) is 32.7 Å². The zero-order chi connectivity index (χ0) is 32.1. The van der Waals surface area contributed by atoms with Crippen molar-refractivity contribution in [3.8, 4) is 11.1 Å². The molecule has 2 heterocycles. The van der Waals surface area contributed by atoms with E-state index in [0.29, 0.717) is 45.0 Å². The van der Waals surface area contributed by atoms with Crippen LogP contribution >= 0.6 is 8.81 Å². The molecule has 0 aliphatic heterocycles. The lowest BCUT2D eigenvalue weighted by Crippen LogP contribution is -2.20. The number of nitrogens with zero attached hydrogens (tertiary/aromatic N) is 4. The number of anilines is 4. The largest absolute Gasteiger partial charge is 0.421 e. The van der Waals surface area contributed by atoms with Gasteiger partial charge in [0.25, 0.3) is 5.91 Å². The number of hydrogen-bond donors (Lipinski definition) is 5. The molecule has 0 aliphatic carbocycles. The van der Waals surface area contributed by atoms with Gasteiger partial charge in [-0.3, -0.25) is 9.48 Å². The Bertz CT molecular complexity index is 1500. The van der Waals surface area contributed by atoms with Crippen LogP contribution in [0, 0.1) is 0 Å². The molecule has 4 rings (SSSR count). The number of amides is 1. The molecule has 2 aromatic heterocycles. The quantitative estimate of drug-likeness (QED) is 0.103. The van der Waals surface area contributed by atoms with E-state index < -0.39 is 23.5 Å². The molecule has 236 valence electrons. The van der Waals surface area contributed by atoms with Crippen LogP contribution in [0.2, 0.25) is 0 Å². The molecule has 11 nitrogen and oxygen atoms in total. The number of carbonyl (C=O) groups is 1. The van der Waals surface area contributed by atoms with Crippen molar-refractivity contribution in [3.05, 3.63) is 77.7 Å². The normalized spacial score (nSPS) is 11.3. The van der Waals surface area contributed by atoms with Gasteiger partial charge in [0.2, 0.25) is 5.95 Å². The number of alkyl halides is 3. The first-order chi connectivity index (χ1) is 21.1. The van der Waals surface area contributed by atoms with Crippen molar-refractivity contribution in [3.63, 3.8) is 0 Å². The third-order valence-corrected chi connectivity index (χ3v) is 6.91. The summed E-state index contributed by atoms with van der Waals surface area (Å²) in [4.78, 5) is 20.7. The standard InChI is InChI=1S/C27H29F3N7O3P.C2H6O/c1-3-40-41-16-17-4-7-20(8-5-17)34-26-32-14-22(27(28,29)30)24(36-26)35-23-9-6-18(12-21(23)25(39)31-2)19-13-33-37(15-19)10-11-38;1-2-3/h4-9,12-15,38,41H,3,10-11,16H2,1-2H3,(H,31,39)(H2,32,34,35,36);3H,2H2,1H3. The van der Waals surface area contributed by atoms with E-state index in [-0.39, 0.29) is 30.4 Å². The van der Waals surface area contributed by atoms with Crippen LogP contribution in [0.1, 0.15) is 35.3 Å². The predicted molar refractivity (Wildman–Crippen MR) is 165 cm³/mol. The van der Waals surface area contributed by atoms with Crippen LogP contribution < -0.4 is 16.0 Å². The zero-order valence-corrected chi connectivity index (χ0v) is 25.4. The number of halogens is 3. The minimum absolute atomic E-state index is 0.0566. The van der Waals surface area contributed by atoms with E-state index in [2.05, 4.69) is 31.0 Å². The first-order valence-electron chi connectivity index (χ1n) is 13.7. The Labute approximate surface area is 254 Å². The minimum Gasteiger partial charge on any atom is -0.397 e. The van der Waals surface area contributed by atoms with Crippen LogP contribution in [0.15, 0.2) is 61.1 Å². The van der Waals surface area contributed by atoms with Crippen molar-refractivity contribution in [2.24, 2.45) is 0 Å². The van der Waals surface area contributed by atoms with E-state index in [1.807, 2.05) is 19.1 Å². The van der Waals surface area contributed by atoms with E-state index in [1.54, 1.807) is 48.3 Å².